The van der Waals surface area contributed by atoms with Gasteiger partial charge in [0.05, 0.1) is 7.11 Å². The SMILES string of the molecule is COc1ccc2c(c1)C(NC(C)C)(C(N)=O)CCC2. The lowest BCUT2D eigenvalue weighted by atomic mass is 9.75. The monoisotopic (exact) mass is 262 g/mol. The van der Waals surface area contributed by atoms with Crippen molar-refractivity contribution in [3.8, 4) is 5.75 Å². The van der Waals surface area contributed by atoms with Gasteiger partial charge in [0.1, 0.15) is 11.3 Å². The minimum Gasteiger partial charge on any atom is -0.497 e. The Morgan fingerprint density at radius 1 is 1.47 bits per heavy atom. The second-order valence-electron chi connectivity index (χ2n) is 5.45. The van der Waals surface area contributed by atoms with Crippen LogP contribution in [-0.2, 0) is 16.8 Å². The first kappa shape index (κ1) is 13.9. The molecule has 2 rings (SSSR count). The first-order chi connectivity index (χ1) is 8.99. The van der Waals surface area contributed by atoms with Gasteiger partial charge >= 0.3 is 0 Å². The van der Waals surface area contributed by atoms with Crippen molar-refractivity contribution in [3.63, 3.8) is 0 Å². The number of nitrogens with one attached hydrogen (secondary N) is 1. The number of carbonyl (C=O) groups excluding carboxylic acids is 1. The summed E-state index contributed by atoms with van der Waals surface area (Å²) in [5.74, 6) is 0.451. The number of benzene rings is 1. The van der Waals surface area contributed by atoms with E-state index in [-0.39, 0.29) is 11.9 Å². The predicted molar refractivity (Wildman–Crippen MR) is 75.1 cm³/mol. The average molecular weight is 262 g/mol. The Labute approximate surface area is 114 Å². The summed E-state index contributed by atoms with van der Waals surface area (Å²) >= 11 is 0. The van der Waals surface area contributed by atoms with Crippen LogP contribution in [0.2, 0.25) is 0 Å². The molecule has 3 N–H and O–H groups in total. The number of hydrogen-bond donors (Lipinski definition) is 2. The van der Waals surface area contributed by atoms with E-state index >= 15 is 0 Å². The van der Waals surface area contributed by atoms with Crippen molar-refractivity contribution in [1.29, 1.82) is 0 Å². The molecule has 4 heteroatoms. The minimum absolute atomic E-state index is 0.185. The van der Waals surface area contributed by atoms with Gasteiger partial charge in [-0.25, -0.2) is 0 Å². The molecule has 0 bridgehead atoms. The zero-order chi connectivity index (χ0) is 14.0. The van der Waals surface area contributed by atoms with Crippen LogP contribution in [0.1, 0.15) is 37.8 Å². The van der Waals surface area contributed by atoms with E-state index in [0.29, 0.717) is 0 Å². The Bertz CT molecular complexity index is 485. The molecule has 0 heterocycles. The first-order valence-electron chi connectivity index (χ1n) is 6.74. The lowest BCUT2D eigenvalue weighted by molar-refractivity contribution is -0.125. The van der Waals surface area contributed by atoms with E-state index in [1.807, 2.05) is 32.0 Å². The van der Waals surface area contributed by atoms with Gasteiger partial charge in [-0.2, -0.15) is 0 Å². The smallest absolute Gasteiger partial charge is 0.242 e. The van der Waals surface area contributed by atoms with Gasteiger partial charge in [0.25, 0.3) is 0 Å². The van der Waals surface area contributed by atoms with Crippen LogP contribution in [0.5, 0.6) is 5.75 Å². The van der Waals surface area contributed by atoms with E-state index in [4.69, 9.17) is 10.5 Å². The van der Waals surface area contributed by atoms with E-state index in [9.17, 15) is 4.79 Å². The van der Waals surface area contributed by atoms with Crippen LogP contribution in [-0.4, -0.2) is 19.1 Å². The summed E-state index contributed by atoms with van der Waals surface area (Å²) in [6.45, 7) is 4.05. The van der Waals surface area contributed by atoms with Gasteiger partial charge in [-0.15, -0.1) is 0 Å². The van der Waals surface area contributed by atoms with Gasteiger partial charge in [0.2, 0.25) is 5.91 Å². The summed E-state index contributed by atoms with van der Waals surface area (Å²) < 4.78 is 5.28. The molecule has 0 saturated carbocycles. The van der Waals surface area contributed by atoms with E-state index in [0.717, 1.165) is 30.6 Å². The largest absolute Gasteiger partial charge is 0.497 e. The third-order valence-electron chi connectivity index (χ3n) is 3.73. The Balaban J connectivity index is 2.55. The molecule has 0 radical (unpaired) electrons. The quantitative estimate of drug-likeness (QED) is 0.868. The van der Waals surface area contributed by atoms with E-state index in [1.165, 1.54) is 5.56 Å². The maximum atomic E-state index is 12.1. The Morgan fingerprint density at radius 2 is 2.21 bits per heavy atom. The highest BCUT2D eigenvalue weighted by atomic mass is 16.5. The molecular weight excluding hydrogens is 240 g/mol. The van der Waals surface area contributed by atoms with Crippen LogP contribution in [0, 0.1) is 0 Å². The number of methoxy groups -OCH3 is 1. The highest BCUT2D eigenvalue weighted by Gasteiger charge is 2.42. The van der Waals surface area contributed by atoms with Crippen molar-refractivity contribution in [2.24, 2.45) is 5.73 Å². The summed E-state index contributed by atoms with van der Waals surface area (Å²) in [5.41, 5.74) is 7.10. The molecule has 1 amide bonds. The lowest BCUT2D eigenvalue weighted by Crippen LogP contribution is -2.56. The summed E-state index contributed by atoms with van der Waals surface area (Å²) in [7, 11) is 1.63. The molecule has 19 heavy (non-hydrogen) atoms. The third-order valence-corrected chi connectivity index (χ3v) is 3.73. The van der Waals surface area contributed by atoms with E-state index in [1.54, 1.807) is 7.11 Å². The molecule has 0 aromatic heterocycles. The molecule has 0 fully saturated rings. The maximum absolute atomic E-state index is 12.1. The number of fused-ring (bicyclic) bond motifs is 1. The summed E-state index contributed by atoms with van der Waals surface area (Å²) in [6, 6.07) is 6.09. The zero-order valence-corrected chi connectivity index (χ0v) is 11.8. The Hall–Kier alpha value is -1.55. The topological polar surface area (TPSA) is 64.3 Å². The van der Waals surface area contributed by atoms with E-state index in [2.05, 4.69) is 5.32 Å². The third kappa shape index (κ3) is 2.45. The Morgan fingerprint density at radius 3 is 2.79 bits per heavy atom. The lowest BCUT2D eigenvalue weighted by Gasteiger charge is -2.39. The fraction of sp³-hybridized carbons (Fsp3) is 0.533. The van der Waals surface area contributed by atoms with Gasteiger partial charge in [-0.05, 0) is 56.4 Å². The molecule has 0 aliphatic heterocycles. The fourth-order valence-corrected chi connectivity index (χ4v) is 2.95. The normalized spacial score (nSPS) is 22.1. The van der Waals surface area contributed by atoms with Gasteiger partial charge in [0.15, 0.2) is 0 Å². The van der Waals surface area contributed by atoms with Crippen LogP contribution in [0.3, 0.4) is 0 Å². The summed E-state index contributed by atoms with van der Waals surface area (Å²) in [6.07, 6.45) is 2.68. The molecule has 4 nitrogen and oxygen atoms in total. The van der Waals surface area contributed by atoms with Crippen molar-refractivity contribution in [1.82, 2.24) is 5.32 Å². The standard InChI is InChI=1S/C15H22N2O2/c1-10(2)17-15(14(16)18)8-4-5-11-6-7-12(19-3)9-13(11)15/h6-7,9-10,17H,4-5,8H2,1-3H3,(H2,16,18). The van der Waals surface area contributed by atoms with Gasteiger partial charge in [0, 0.05) is 6.04 Å². The molecule has 0 spiro atoms. The summed E-state index contributed by atoms with van der Waals surface area (Å²) in [5, 5.41) is 3.37. The molecule has 1 aromatic rings. The number of nitrogens with two attached hydrogens (primary N) is 1. The molecule has 0 saturated heterocycles. The molecule has 1 unspecified atom stereocenters. The minimum atomic E-state index is -0.768. The van der Waals surface area contributed by atoms with Gasteiger partial charge in [-0.1, -0.05) is 6.07 Å². The number of carbonyl (C=O) groups is 1. The molecule has 1 aliphatic carbocycles. The molecule has 1 atom stereocenters. The first-order valence-corrected chi connectivity index (χ1v) is 6.74. The maximum Gasteiger partial charge on any atom is 0.242 e. The average Bonchev–Trinajstić information content (AvgIpc) is 2.37. The van der Waals surface area contributed by atoms with Crippen molar-refractivity contribution >= 4 is 5.91 Å². The second kappa shape index (κ2) is 5.21. The van der Waals surface area contributed by atoms with Gasteiger partial charge < -0.3 is 10.5 Å². The fourth-order valence-electron chi connectivity index (χ4n) is 2.95. The highest BCUT2D eigenvalue weighted by Crippen LogP contribution is 2.37. The molecular formula is C15H22N2O2. The van der Waals surface area contributed by atoms with Crippen LogP contribution in [0.4, 0.5) is 0 Å². The highest BCUT2D eigenvalue weighted by molar-refractivity contribution is 5.87. The van der Waals surface area contributed by atoms with Crippen molar-refractivity contribution in [2.75, 3.05) is 7.11 Å². The van der Waals surface area contributed by atoms with E-state index < -0.39 is 5.54 Å². The number of ether oxygens (including phenoxy) is 1. The number of primary amides is 1. The van der Waals surface area contributed by atoms with Crippen LogP contribution < -0.4 is 15.8 Å². The molecule has 1 aliphatic rings. The number of aryl methyl sites for hydroxylation is 1. The van der Waals surface area contributed by atoms with Crippen LogP contribution in [0.25, 0.3) is 0 Å². The number of hydrogen-bond acceptors (Lipinski definition) is 3. The zero-order valence-electron chi connectivity index (χ0n) is 11.8. The van der Waals surface area contributed by atoms with Crippen molar-refractivity contribution in [3.05, 3.63) is 29.3 Å². The predicted octanol–water partition coefficient (Wildman–Crippen LogP) is 1.71. The van der Waals surface area contributed by atoms with Crippen molar-refractivity contribution in [2.45, 2.75) is 44.7 Å². The number of rotatable bonds is 4. The van der Waals surface area contributed by atoms with Crippen LogP contribution >= 0.6 is 0 Å². The number of amides is 1. The Kier molecular flexibility index (Phi) is 3.80. The summed E-state index contributed by atoms with van der Waals surface area (Å²) in [4.78, 5) is 12.1. The van der Waals surface area contributed by atoms with Crippen molar-refractivity contribution < 1.29 is 9.53 Å². The molecule has 104 valence electrons. The van der Waals surface area contributed by atoms with Crippen LogP contribution in [0.15, 0.2) is 18.2 Å². The second-order valence-corrected chi connectivity index (χ2v) is 5.45. The molecule has 1 aromatic carbocycles. The van der Waals surface area contributed by atoms with Gasteiger partial charge in [-0.3, -0.25) is 10.1 Å².